The van der Waals surface area contributed by atoms with E-state index in [1.165, 1.54) is 12.1 Å². The average molecular weight is 253 g/mol. The van der Waals surface area contributed by atoms with E-state index < -0.39 is 5.91 Å². The number of likely N-dealkylation sites (N-methyl/N-ethyl adjacent to an activating group) is 1. The number of carbonyl (C=O) groups is 1. The maximum Gasteiger partial charge on any atom is 0.231 e. The Morgan fingerprint density at radius 2 is 2.17 bits per heavy atom. The van der Waals surface area contributed by atoms with Crippen LogP contribution in [0.5, 0.6) is 0 Å². The van der Waals surface area contributed by atoms with E-state index in [9.17, 15) is 9.18 Å². The molecule has 0 saturated carbocycles. The molecule has 1 aromatic rings. The van der Waals surface area contributed by atoms with E-state index >= 15 is 0 Å². The van der Waals surface area contributed by atoms with Crippen LogP contribution in [-0.2, 0) is 4.79 Å². The molecule has 0 aromatic heterocycles. The van der Waals surface area contributed by atoms with Gasteiger partial charge in [-0.15, -0.1) is 0 Å². The summed E-state index contributed by atoms with van der Waals surface area (Å²) in [5, 5.41) is 0. The lowest BCUT2D eigenvalue weighted by Gasteiger charge is -2.32. The summed E-state index contributed by atoms with van der Waals surface area (Å²) in [6, 6.07) is 5.81. The number of primary amides is 1. The minimum Gasteiger partial charge on any atom is -0.369 e. The van der Waals surface area contributed by atoms with E-state index in [0.29, 0.717) is 6.54 Å². The van der Waals surface area contributed by atoms with Crippen LogP contribution in [0.4, 0.5) is 4.39 Å². The number of nitrogens with zero attached hydrogens (tertiary/aromatic N) is 1. The molecule has 0 aliphatic heterocycles. The first kappa shape index (κ1) is 14.6. The maximum atomic E-state index is 13.3. The van der Waals surface area contributed by atoms with Crippen LogP contribution in [0, 0.1) is 5.82 Å². The normalized spacial score (nSPS) is 14.5. The quantitative estimate of drug-likeness (QED) is 0.795. The largest absolute Gasteiger partial charge is 0.369 e. The summed E-state index contributed by atoms with van der Waals surface area (Å²) in [4.78, 5) is 12.9. The third kappa shape index (κ3) is 3.78. The number of halogens is 1. The molecule has 0 heterocycles. The van der Waals surface area contributed by atoms with Crippen molar-refractivity contribution in [2.75, 3.05) is 13.1 Å². The van der Waals surface area contributed by atoms with Gasteiger partial charge in [0.15, 0.2) is 0 Å². The highest BCUT2D eigenvalue weighted by Crippen LogP contribution is 2.23. The second-order valence-electron chi connectivity index (χ2n) is 4.39. The summed E-state index contributed by atoms with van der Waals surface area (Å²) in [6.45, 7) is 4.47. The molecule has 1 amide bonds. The van der Waals surface area contributed by atoms with Gasteiger partial charge in [0, 0.05) is 6.04 Å². The molecule has 100 valence electrons. The molecule has 2 atom stereocenters. The zero-order valence-electron chi connectivity index (χ0n) is 10.8. The molecule has 0 radical (unpaired) electrons. The summed E-state index contributed by atoms with van der Waals surface area (Å²) >= 11 is 0. The van der Waals surface area contributed by atoms with Crippen molar-refractivity contribution in [3.05, 3.63) is 35.6 Å². The van der Waals surface area contributed by atoms with Crippen molar-refractivity contribution in [3.63, 3.8) is 0 Å². The minimum atomic E-state index is -0.418. The Balaban J connectivity index is 3.04. The van der Waals surface area contributed by atoms with Crippen LogP contribution in [0.15, 0.2) is 24.3 Å². The molecular formula is C13H20FN3O. The molecule has 5 heteroatoms. The number of hydrogen-bond donors (Lipinski definition) is 2. The number of rotatable bonds is 6. The Morgan fingerprint density at radius 1 is 1.50 bits per heavy atom. The van der Waals surface area contributed by atoms with Gasteiger partial charge in [0.25, 0.3) is 0 Å². The minimum absolute atomic E-state index is 0.110. The molecule has 0 saturated heterocycles. The third-order valence-corrected chi connectivity index (χ3v) is 2.85. The Hall–Kier alpha value is -1.46. The zero-order valence-corrected chi connectivity index (χ0v) is 10.8. The van der Waals surface area contributed by atoms with Crippen LogP contribution < -0.4 is 11.5 Å². The van der Waals surface area contributed by atoms with Crippen molar-refractivity contribution in [2.24, 2.45) is 11.5 Å². The van der Waals surface area contributed by atoms with Crippen LogP contribution in [0.25, 0.3) is 0 Å². The Morgan fingerprint density at radius 3 is 2.61 bits per heavy atom. The fraction of sp³-hybridized carbons (Fsp3) is 0.462. The standard InChI is InChI=1S/C13H20FN3O/c1-3-17(8-12(16)18)13(9(2)15)10-5-4-6-11(14)7-10/h4-7,9,13H,3,8,15H2,1-2H3,(H2,16,18). The summed E-state index contributed by atoms with van der Waals surface area (Å²) in [5.41, 5.74) is 11.9. The lowest BCUT2D eigenvalue weighted by atomic mass is 9.99. The second kappa shape index (κ2) is 6.47. The fourth-order valence-corrected chi connectivity index (χ4v) is 2.14. The van der Waals surface area contributed by atoms with Gasteiger partial charge in [-0.3, -0.25) is 9.69 Å². The molecule has 0 fully saturated rings. The lowest BCUT2D eigenvalue weighted by molar-refractivity contribution is -0.119. The van der Waals surface area contributed by atoms with Crippen molar-refractivity contribution in [1.82, 2.24) is 4.90 Å². The van der Waals surface area contributed by atoms with E-state index in [2.05, 4.69) is 0 Å². The van der Waals surface area contributed by atoms with Crippen LogP contribution >= 0.6 is 0 Å². The molecule has 1 aromatic carbocycles. The van der Waals surface area contributed by atoms with Crippen molar-refractivity contribution < 1.29 is 9.18 Å². The van der Waals surface area contributed by atoms with Gasteiger partial charge in [0.05, 0.1) is 12.6 Å². The van der Waals surface area contributed by atoms with Gasteiger partial charge >= 0.3 is 0 Å². The van der Waals surface area contributed by atoms with Crippen LogP contribution in [-0.4, -0.2) is 29.9 Å². The average Bonchev–Trinajstić information content (AvgIpc) is 2.27. The highest BCUT2D eigenvalue weighted by atomic mass is 19.1. The lowest BCUT2D eigenvalue weighted by Crippen LogP contribution is -2.43. The molecule has 0 aliphatic carbocycles. The molecular weight excluding hydrogens is 233 g/mol. The highest BCUT2D eigenvalue weighted by Gasteiger charge is 2.24. The van der Waals surface area contributed by atoms with Crippen molar-refractivity contribution in [1.29, 1.82) is 0 Å². The molecule has 4 N–H and O–H groups in total. The van der Waals surface area contributed by atoms with E-state index in [4.69, 9.17) is 11.5 Å². The first-order chi connectivity index (χ1) is 8.45. The highest BCUT2D eigenvalue weighted by molar-refractivity contribution is 5.76. The Bertz CT molecular complexity index is 409. The number of nitrogens with two attached hydrogens (primary N) is 2. The molecule has 1 rings (SSSR count). The predicted molar refractivity (Wildman–Crippen MR) is 69.2 cm³/mol. The second-order valence-corrected chi connectivity index (χ2v) is 4.39. The number of benzene rings is 1. The number of carbonyl (C=O) groups excluding carboxylic acids is 1. The molecule has 18 heavy (non-hydrogen) atoms. The van der Waals surface area contributed by atoms with Crippen LogP contribution in [0.3, 0.4) is 0 Å². The third-order valence-electron chi connectivity index (χ3n) is 2.85. The summed E-state index contributed by atoms with van der Waals surface area (Å²) in [7, 11) is 0. The number of hydrogen-bond acceptors (Lipinski definition) is 3. The molecule has 0 bridgehead atoms. The summed E-state index contributed by atoms with van der Waals surface area (Å²) in [6.07, 6.45) is 0. The molecule has 0 spiro atoms. The fourth-order valence-electron chi connectivity index (χ4n) is 2.14. The van der Waals surface area contributed by atoms with E-state index in [0.717, 1.165) is 5.56 Å². The van der Waals surface area contributed by atoms with Crippen LogP contribution in [0.1, 0.15) is 25.5 Å². The van der Waals surface area contributed by atoms with Crippen LogP contribution in [0.2, 0.25) is 0 Å². The summed E-state index contributed by atoms with van der Waals surface area (Å²) in [5.74, 6) is -0.729. The first-order valence-corrected chi connectivity index (χ1v) is 5.99. The molecule has 4 nitrogen and oxygen atoms in total. The Labute approximate surface area is 107 Å². The van der Waals surface area contributed by atoms with E-state index in [1.54, 1.807) is 12.1 Å². The number of amides is 1. The van der Waals surface area contributed by atoms with E-state index in [-0.39, 0.29) is 24.4 Å². The van der Waals surface area contributed by atoms with Gasteiger partial charge in [-0.05, 0) is 31.2 Å². The Kier molecular flexibility index (Phi) is 5.25. The summed E-state index contributed by atoms with van der Waals surface area (Å²) < 4.78 is 13.3. The van der Waals surface area contributed by atoms with Gasteiger partial charge in [-0.1, -0.05) is 19.1 Å². The van der Waals surface area contributed by atoms with Crippen molar-refractivity contribution in [2.45, 2.75) is 25.9 Å². The smallest absolute Gasteiger partial charge is 0.231 e. The van der Waals surface area contributed by atoms with Gasteiger partial charge in [-0.2, -0.15) is 0 Å². The topological polar surface area (TPSA) is 72.3 Å². The van der Waals surface area contributed by atoms with Crippen molar-refractivity contribution in [3.8, 4) is 0 Å². The van der Waals surface area contributed by atoms with Gasteiger partial charge < -0.3 is 11.5 Å². The van der Waals surface area contributed by atoms with Crippen molar-refractivity contribution >= 4 is 5.91 Å². The maximum absolute atomic E-state index is 13.3. The zero-order chi connectivity index (χ0) is 13.7. The first-order valence-electron chi connectivity index (χ1n) is 5.99. The van der Waals surface area contributed by atoms with Gasteiger partial charge in [-0.25, -0.2) is 4.39 Å². The van der Waals surface area contributed by atoms with E-state index in [1.807, 2.05) is 18.7 Å². The molecule has 0 aliphatic rings. The van der Waals surface area contributed by atoms with Gasteiger partial charge in [0.2, 0.25) is 5.91 Å². The molecule has 2 unspecified atom stereocenters. The monoisotopic (exact) mass is 253 g/mol. The predicted octanol–water partition coefficient (Wildman–Crippen LogP) is 1.02. The van der Waals surface area contributed by atoms with Gasteiger partial charge in [0.1, 0.15) is 5.82 Å². The SMILES string of the molecule is CCN(CC(N)=O)C(c1cccc(F)c1)C(C)N.